The van der Waals surface area contributed by atoms with Crippen LogP contribution in [0.25, 0.3) is 0 Å². The Labute approximate surface area is 155 Å². The van der Waals surface area contributed by atoms with E-state index in [1.54, 1.807) is 6.33 Å². The van der Waals surface area contributed by atoms with Crippen molar-refractivity contribution in [2.75, 3.05) is 27.2 Å². The molecule has 1 fully saturated rings. The average Bonchev–Trinajstić information content (AvgIpc) is 3.08. The number of likely N-dealkylation sites (tertiary alicyclic amines) is 1. The number of rotatable bonds is 6. The SMILES string of the molecule is CN1CCC(N(C)C(=O)[C@@H](N)Cc2cn(Cc3ccccc3)cn2)CC1. The van der Waals surface area contributed by atoms with Crippen molar-refractivity contribution in [1.82, 2.24) is 19.4 Å². The molecule has 6 nitrogen and oxygen atoms in total. The summed E-state index contributed by atoms with van der Waals surface area (Å²) in [5.74, 6) is 0.0113. The van der Waals surface area contributed by atoms with E-state index in [1.807, 2.05) is 40.9 Å². The molecule has 2 N–H and O–H groups in total. The molecule has 0 bridgehead atoms. The Bertz CT molecular complexity index is 706. The molecule has 0 spiro atoms. The largest absolute Gasteiger partial charge is 0.341 e. The van der Waals surface area contributed by atoms with Gasteiger partial charge < -0.3 is 20.1 Å². The minimum Gasteiger partial charge on any atom is -0.341 e. The van der Waals surface area contributed by atoms with Crippen LogP contribution < -0.4 is 5.73 Å². The molecule has 0 unspecified atom stereocenters. The Morgan fingerprint density at radius 2 is 2.00 bits per heavy atom. The number of hydrogen-bond acceptors (Lipinski definition) is 4. The third-order valence-corrected chi connectivity index (χ3v) is 5.22. The van der Waals surface area contributed by atoms with Gasteiger partial charge in [0.2, 0.25) is 5.91 Å². The Hall–Kier alpha value is -2.18. The van der Waals surface area contributed by atoms with Gasteiger partial charge in [0, 0.05) is 32.3 Å². The zero-order valence-electron chi connectivity index (χ0n) is 15.7. The molecule has 1 atom stereocenters. The lowest BCUT2D eigenvalue weighted by atomic mass is 10.0. The van der Waals surface area contributed by atoms with E-state index in [-0.39, 0.29) is 5.91 Å². The monoisotopic (exact) mass is 355 g/mol. The van der Waals surface area contributed by atoms with Gasteiger partial charge in [-0.1, -0.05) is 30.3 Å². The van der Waals surface area contributed by atoms with Crippen LogP contribution in [0.5, 0.6) is 0 Å². The van der Waals surface area contributed by atoms with Crippen LogP contribution >= 0.6 is 0 Å². The van der Waals surface area contributed by atoms with E-state index >= 15 is 0 Å². The predicted octanol–water partition coefficient (Wildman–Crippen LogP) is 1.35. The number of benzene rings is 1. The Balaban J connectivity index is 1.54. The van der Waals surface area contributed by atoms with E-state index in [0.29, 0.717) is 12.5 Å². The van der Waals surface area contributed by atoms with Crippen molar-refractivity contribution in [3.05, 3.63) is 54.1 Å². The van der Waals surface area contributed by atoms with Crippen molar-refractivity contribution >= 4 is 5.91 Å². The van der Waals surface area contributed by atoms with E-state index in [1.165, 1.54) is 5.56 Å². The second-order valence-electron chi connectivity index (χ2n) is 7.32. The number of hydrogen-bond donors (Lipinski definition) is 1. The lowest BCUT2D eigenvalue weighted by Crippen LogP contribution is -2.50. The molecule has 6 heteroatoms. The van der Waals surface area contributed by atoms with Crippen LogP contribution in [0.3, 0.4) is 0 Å². The van der Waals surface area contributed by atoms with Gasteiger partial charge in [0.25, 0.3) is 0 Å². The van der Waals surface area contributed by atoms with Gasteiger partial charge in [-0.15, -0.1) is 0 Å². The maximum absolute atomic E-state index is 12.7. The first-order chi connectivity index (χ1) is 12.5. The number of piperidine rings is 1. The first kappa shape index (κ1) is 18.6. The number of carbonyl (C=O) groups excluding carboxylic acids is 1. The summed E-state index contributed by atoms with van der Waals surface area (Å²) in [6.07, 6.45) is 6.28. The average molecular weight is 355 g/mol. The fourth-order valence-corrected chi connectivity index (χ4v) is 3.53. The van der Waals surface area contributed by atoms with Gasteiger partial charge in [0.15, 0.2) is 0 Å². The van der Waals surface area contributed by atoms with Crippen molar-refractivity contribution < 1.29 is 4.79 Å². The molecule has 1 aliphatic heterocycles. The zero-order valence-corrected chi connectivity index (χ0v) is 15.7. The minimum atomic E-state index is -0.542. The molecule has 1 aromatic heterocycles. The standard InChI is InChI=1S/C20H29N5O/c1-23-10-8-18(9-11-23)24(2)20(26)19(21)12-17-14-25(15-22-17)13-16-6-4-3-5-7-16/h3-7,14-15,18-19H,8-13,21H2,1-2H3/t19-/m0/s1. The van der Waals surface area contributed by atoms with Gasteiger partial charge in [-0.05, 0) is 38.5 Å². The van der Waals surface area contributed by atoms with Gasteiger partial charge in [-0.2, -0.15) is 0 Å². The maximum atomic E-state index is 12.7. The summed E-state index contributed by atoms with van der Waals surface area (Å²) < 4.78 is 2.03. The van der Waals surface area contributed by atoms with Crippen LogP contribution in [0.1, 0.15) is 24.1 Å². The molecule has 0 radical (unpaired) electrons. The van der Waals surface area contributed by atoms with Crippen molar-refractivity contribution in [1.29, 1.82) is 0 Å². The van der Waals surface area contributed by atoms with E-state index in [9.17, 15) is 4.79 Å². The topological polar surface area (TPSA) is 67.4 Å². The highest BCUT2D eigenvalue weighted by Crippen LogP contribution is 2.15. The van der Waals surface area contributed by atoms with Crippen LogP contribution in [0.4, 0.5) is 0 Å². The molecule has 2 aromatic rings. The summed E-state index contributed by atoms with van der Waals surface area (Å²) in [5.41, 5.74) is 8.28. The molecule has 26 heavy (non-hydrogen) atoms. The fourth-order valence-electron chi connectivity index (χ4n) is 3.53. The fraction of sp³-hybridized carbons (Fsp3) is 0.500. The summed E-state index contributed by atoms with van der Waals surface area (Å²) in [7, 11) is 4.00. The summed E-state index contributed by atoms with van der Waals surface area (Å²) in [4.78, 5) is 21.2. The highest BCUT2D eigenvalue weighted by atomic mass is 16.2. The van der Waals surface area contributed by atoms with Crippen LogP contribution in [0.2, 0.25) is 0 Å². The first-order valence-corrected chi connectivity index (χ1v) is 9.28. The molecular formula is C20H29N5O. The molecule has 3 rings (SSSR count). The van der Waals surface area contributed by atoms with Gasteiger partial charge in [0.05, 0.1) is 18.1 Å². The summed E-state index contributed by atoms with van der Waals surface area (Å²) in [5, 5.41) is 0. The third kappa shape index (κ3) is 4.71. The first-order valence-electron chi connectivity index (χ1n) is 9.28. The van der Waals surface area contributed by atoms with Crippen LogP contribution in [-0.2, 0) is 17.8 Å². The molecule has 0 aliphatic carbocycles. The number of amides is 1. The molecule has 140 valence electrons. The lowest BCUT2D eigenvalue weighted by molar-refractivity contribution is -0.134. The quantitative estimate of drug-likeness (QED) is 0.849. The molecule has 1 aliphatic rings. The van der Waals surface area contributed by atoms with Crippen LogP contribution in [-0.4, -0.2) is 64.5 Å². The molecule has 1 aromatic carbocycles. The number of nitrogens with two attached hydrogens (primary N) is 1. The van der Waals surface area contributed by atoms with E-state index in [0.717, 1.165) is 38.2 Å². The molecule has 1 amide bonds. The second kappa shape index (κ2) is 8.47. The third-order valence-electron chi connectivity index (χ3n) is 5.22. The van der Waals surface area contributed by atoms with Crippen molar-refractivity contribution in [2.45, 2.75) is 37.9 Å². The molecule has 0 saturated carbocycles. The molecular weight excluding hydrogens is 326 g/mol. The van der Waals surface area contributed by atoms with Crippen molar-refractivity contribution in [3.8, 4) is 0 Å². The summed E-state index contributed by atoms with van der Waals surface area (Å²) >= 11 is 0. The molecule has 1 saturated heterocycles. The van der Waals surface area contributed by atoms with Crippen LogP contribution in [0.15, 0.2) is 42.9 Å². The normalized spacial score (nSPS) is 17.2. The number of carbonyl (C=O) groups is 1. The zero-order chi connectivity index (χ0) is 18.5. The number of likely N-dealkylation sites (N-methyl/N-ethyl adjacent to an activating group) is 1. The second-order valence-corrected chi connectivity index (χ2v) is 7.32. The Kier molecular flexibility index (Phi) is 6.06. The van der Waals surface area contributed by atoms with Gasteiger partial charge in [-0.25, -0.2) is 4.98 Å². The van der Waals surface area contributed by atoms with Gasteiger partial charge in [0.1, 0.15) is 0 Å². The maximum Gasteiger partial charge on any atom is 0.239 e. The van der Waals surface area contributed by atoms with Gasteiger partial charge >= 0.3 is 0 Å². The van der Waals surface area contributed by atoms with E-state index in [2.05, 4.69) is 29.1 Å². The Morgan fingerprint density at radius 1 is 1.31 bits per heavy atom. The number of aromatic nitrogens is 2. The van der Waals surface area contributed by atoms with Crippen molar-refractivity contribution in [3.63, 3.8) is 0 Å². The highest BCUT2D eigenvalue weighted by molar-refractivity contribution is 5.82. The predicted molar refractivity (Wildman–Crippen MR) is 103 cm³/mol. The Morgan fingerprint density at radius 3 is 2.69 bits per heavy atom. The molecule has 2 heterocycles. The smallest absolute Gasteiger partial charge is 0.239 e. The number of nitrogens with zero attached hydrogens (tertiary/aromatic N) is 4. The lowest BCUT2D eigenvalue weighted by Gasteiger charge is -2.36. The van der Waals surface area contributed by atoms with Crippen molar-refractivity contribution in [2.24, 2.45) is 5.73 Å². The van der Waals surface area contributed by atoms with Crippen LogP contribution in [0, 0.1) is 0 Å². The van der Waals surface area contributed by atoms with Gasteiger partial charge in [-0.3, -0.25) is 4.79 Å². The summed E-state index contributed by atoms with van der Waals surface area (Å²) in [6, 6.07) is 9.99. The summed E-state index contributed by atoms with van der Waals surface area (Å²) in [6.45, 7) is 2.83. The van der Waals surface area contributed by atoms with E-state index < -0.39 is 6.04 Å². The van der Waals surface area contributed by atoms with E-state index in [4.69, 9.17) is 5.73 Å². The highest BCUT2D eigenvalue weighted by Gasteiger charge is 2.27. The number of imidazole rings is 1. The minimum absolute atomic E-state index is 0.0113.